The van der Waals surface area contributed by atoms with Gasteiger partial charge in [0.1, 0.15) is 0 Å². The number of nitrogens with zero attached hydrogens (tertiary/aromatic N) is 1. The maximum atomic E-state index is 5.00. The van der Waals surface area contributed by atoms with E-state index in [2.05, 4.69) is 75.2 Å². The number of fused-ring (bicyclic) bond motifs is 3. The van der Waals surface area contributed by atoms with Crippen LogP contribution in [0.1, 0.15) is 57.6 Å². The molecular weight excluding hydrogens is 438 g/mol. The van der Waals surface area contributed by atoms with E-state index in [0.29, 0.717) is 0 Å². The highest BCUT2D eigenvalue weighted by Gasteiger charge is 2.09. The van der Waals surface area contributed by atoms with Gasteiger partial charge >= 0.3 is 0 Å². The highest BCUT2D eigenvalue weighted by atomic mass is 79.9. The van der Waals surface area contributed by atoms with Crippen molar-refractivity contribution in [3.8, 4) is 0 Å². The van der Waals surface area contributed by atoms with Crippen molar-refractivity contribution in [1.82, 2.24) is 4.98 Å². The number of hydrogen-bond donors (Lipinski definition) is 0. The second kappa shape index (κ2) is 9.14. The fourth-order valence-corrected chi connectivity index (χ4v) is 4.17. The Labute approximate surface area is 167 Å². The molecule has 2 aromatic carbocycles. The van der Waals surface area contributed by atoms with E-state index in [4.69, 9.17) is 4.98 Å². The van der Waals surface area contributed by atoms with Crippen molar-refractivity contribution in [2.45, 2.75) is 58.3 Å². The van der Waals surface area contributed by atoms with Gasteiger partial charge in [0, 0.05) is 25.4 Å². The number of aromatic nitrogens is 1. The molecule has 25 heavy (non-hydrogen) atoms. The number of pyridine rings is 1. The topological polar surface area (TPSA) is 12.9 Å². The van der Waals surface area contributed by atoms with Crippen molar-refractivity contribution < 1.29 is 0 Å². The molecule has 0 atom stereocenters. The lowest BCUT2D eigenvalue weighted by Crippen LogP contribution is -1.95. The van der Waals surface area contributed by atoms with Crippen LogP contribution in [0, 0.1) is 0 Å². The third-order valence-corrected chi connectivity index (χ3v) is 5.80. The van der Waals surface area contributed by atoms with Crippen molar-refractivity contribution in [3.05, 3.63) is 51.0 Å². The normalized spacial score (nSPS) is 11.5. The molecule has 0 bridgehead atoms. The van der Waals surface area contributed by atoms with Crippen LogP contribution in [0.15, 0.2) is 45.3 Å². The summed E-state index contributed by atoms with van der Waals surface area (Å²) in [4.78, 5) is 5.00. The van der Waals surface area contributed by atoms with Gasteiger partial charge in [-0.1, -0.05) is 89.4 Å². The molecule has 0 saturated carbocycles. The minimum Gasteiger partial charge on any atom is -0.252 e. The Morgan fingerprint density at radius 2 is 1.36 bits per heavy atom. The highest BCUT2D eigenvalue weighted by Crippen LogP contribution is 2.31. The Kier molecular flexibility index (Phi) is 6.89. The van der Waals surface area contributed by atoms with Crippen LogP contribution in [0.2, 0.25) is 0 Å². The molecule has 3 heteroatoms. The summed E-state index contributed by atoms with van der Waals surface area (Å²) in [5.41, 5.74) is 2.32. The Morgan fingerprint density at radius 3 is 2.12 bits per heavy atom. The zero-order chi connectivity index (χ0) is 17.6. The van der Waals surface area contributed by atoms with E-state index in [9.17, 15) is 0 Å². The zero-order valence-electron chi connectivity index (χ0n) is 14.8. The van der Waals surface area contributed by atoms with Gasteiger partial charge in [0.15, 0.2) is 0 Å². The van der Waals surface area contributed by atoms with Crippen LogP contribution in [-0.2, 0) is 6.42 Å². The summed E-state index contributed by atoms with van der Waals surface area (Å²) in [6.07, 6.45) is 10.4. The van der Waals surface area contributed by atoms with E-state index in [1.165, 1.54) is 66.8 Å². The largest absolute Gasteiger partial charge is 0.252 e. The average molecular weight is 463 g/mol. The lowest BCUT2D eigenvalue weighted by molar-refractivity contribution is 0.588. The molecule has 132 valence electrons. The number of unbranched alkanes of at least 4 members (excludes halogenated alkanes) is 6. The first kappa shape index (κ1) is 18.8. The summed E-state index contributed by atoms with van der Waals surface area (Å²) in [7, 11) is 0. The van der Waals surface area contributed by atoms with Crippen LogP contribution in [-0.4, -0.2) is 4.98 Å². The summed E-state index contributed by atoms with van der Waals surface area (Å²) < 4.78 is 2.21. The van der Waals surface area contributed by atoms with E-state index >= 15 is 0 Å². The number of hydrogen-bond acceptors (Lipinski definition) is 1. The molecule has 0 unspecified atom stereocenters. The number of rotatable bonds is 8. The average Bonchev–Trinajstić information content (AvgIpc) is 2.60. The van der Waals surface area contributed by atoms with E-state index in [1.807, 2.05) is 0 Å². The summed E-state index contributed by atoms with van der Waals surface area (Å²) >= 11 is 7.20. The molecule has 1 heterocycles. The lowest BCUT2D eigenvalue weighted by atomic mass is 10.0. The fraction of sp³-hybridized carbons (Fsp3) is 0.409. The third-order valence-electron chi connectivity index (χ3n) is 4.82. The predicted molar refractivity (Wildman–Crippen MR) is 116 cm³/mol. The SMILES string of the molecule is CCCCCCCCCc1nc2cc(Br)ccc2c2ccc(Br)cc12. The molecule has 0 saturated heterocycles. The van der Waals surface area contributed by atoms with Crippen LogP contribution < -0.4 is 0 Å². The van der Waals surface area contributed by atoms with Gasteiger partial charge in [-0.3, -0.25) is 4.98 Å². The molecule has 1 nitrogen and oxygen atoms in total. The van der Waals surface area contributed by atoms with Gasteiger partial charge in [0.2, 0.25) is 0 Å². The van der Waals surface area contributed by atoms with Gasteiger partial charge < -0.3 is 0 Å². The van der Waals surface area contributed by atoms with Crippen LogP contribution in [0.5, 0.6) is 0 Å². The summed E-state index contributed by atoms with van der Waals surface area (Å²) in [5.74, 6) is 0. The second-order valence-electron chi connectivity index (χ2n) is 6.78. The maximum absolute atomic E-state index is 5.00. The Hall–Kier alpha value is -0.930. The maximum Gasteiger partial charge on any atom is 0.0723 e. The van der Waals surface area contributed by atoms with Crippen molar-refractivity contribution in [2.24, 2.45) is 0 Å². The van der Waals surface area contributed by atoms with E-state index in [0.717, 1.165) is 20.9 Å². The van der Waals surface area contributed by atoms with Gasteiger partial charge in [-0.25, -0.2) is 0 Å². The smallest absolute Gasteiger partial charge is 0.0723 e. The first-order valence-corrected chi connectivity index (χ1v) is 10.9. The minimum atomic E-state index is 1.06. The van der Waals surface area contributed by atoms with Gasteiger partial charge in [-0.05, 0) is 42.5 Å². The summed E-state index contributed by atoms with van der Waals surface area (Å²) in [6, 6.07) is 13.0. The Morgan fingerprint density at radius 1 is 0.720 bits per heavy atom. The minimum absolute atomic E-state index is 1.06. The molecule has 0 radical (unpaired) electrons. The van der Waals surface area contributed by atoms with Crippen molar-refractivity contribution in [3.63, 3.8) is 0 Å². The molecule has 0 aliphatic carbocycles. The monoisotopic (exact) mass is 461 g/mol. The van der Waals surface area contributed by atoms with Gasteiger partial charge in [0.25, 0.3) is 0 Å². The lowest BCUT2D eigenvalue weighted by Gasteiger charge is -2.11. The number of benzene rings is 2. The van der Waals surface area contributed by atoms with Crippen molar-refractivity contribution in [1.29, 1.82) is 0 Å². The molecule has 3 rings (SSSR count). The molecule has 0 aliphatic heterocycles. The van der Waals surface area contributed by atoms with Gasteiger partial charge in [-0.15, -0.1) is 0 Å². The molecular formula is C22H25Br2N. The van der Waals surface area contributed by atoms with E-state index in [1.54, 1.807) is 0 Å². The molecule has 0 amide bonds. The standard InChI is InChI=1S/C22H25Br2N/c1-2-3-4-5-6-7-8-9-21-20-14-16(23)10-12-18(20)19-13-11-17(24)15-22(19)25-21/h10-15H,2-9H2,1H3. The van der Waals surface area contributed by atoms with Crippen LogP contribution in [0.25, 0.3) is 21.7 Å². The van der Waals surface area contributed by atoms with Crippen LogP contribution in [0.4, 0.5) is 0 Å². The zero-order valence-corrected chi connectivity index (χ0v) is 18.0. The third kappa shape index (κ3) is 4.83. The Balaban J connectivity index is 1.81. The predicted octanol–water partition coefficient (Wildman–Crippen LogP) is 8.21. The summed E-state index contributed by atoms with van der Waals surface area (Å²) in [6.45, 7) is 2.27. The van der Waals surface area contributed by atoms with Crippen LogP contribution in [0.3, 0.4) is 0 Å². The van der Waals surface area contributed by atoms with Crippen molar-refractivity contribution >= 4 is 53.5 Å². The first-order chi connectivity index (χ1) is 12.2. The molecule has 0 fully saturated rings. The van der Waals surface area contributed by atoms with Gasteiger partial charge in [-0.2, -0.15) is 0 Å². The molecule has 0 aliphatic rings. The first-order valence-electron chi connectivity index (χ1n) is 9.36. The van der Waals surface area contributed by atoms with Crippen molar-refractivity contribution in [2.75, 3.05) is 0 Å². The molecule has 0 spiro atoms. The Bertz CT molecular complexity index is 857. The molecule has 1 aromatic heterocycles. The highest BCUT2D eigenvalue weighted by molar-refractivity contribution is 9.10. The molecule has 3 aromatic rings. The second-order valence-corrected chi connectivity index (χ2v) is 8.61. The fourth-order valence-electron chi connectivity index (χ4n) is 3.46. The van der Waals surface area contributed by atoms with E-state index in [-0.39, 0.29) is 0 Å². The quantitative estimate of drug-likeness (QED) is 0.242. The van der Waals surface area contributed by atoms with E-state index < -0.39 is 0 Å². The number of aryl methyl sites for hydroxylation is 1. The number of halogens is 2. The van der Waals surface area contributed by atoms with Crippen LogP contribution >= 0.6 is 31.9 Å². The summed E-state index contributed by atoms with van der Waals surface area (Å²) in [5, 5.41) is 3.82. The van der Waals surface area contributed by atoms with Gasteiger partial charge in [0.05, 0.1) is 5.52 Å². The molecule has 0 N–H and O–H groups in total.